The highest BCUT2D eigenvalue weighted by atomic mass is 127. The van der Waals surface area contributed by atoms with E-state index >= 15 is 0 Å². The zero-order chi connectivity index (χ0) is 9.46. The molecule has 3 heteroatoms. The van der Waals surface area contributed by atoms with Crippen molar-refractivity contribution >= 4 is 45.2 Å². The summed E-state index contributed by atoms with van der Waals surface area (Å²) in [4.78, 5) is 0. The normalized spacial score (nSPS) is 10.4. The van der Waals surface area contributed by atoms with Gasteiger partial charge in [0.2, 0.25) is 0 Å². The second-order valence-electron chi connectivity index (χ2n) is 2.85. The van der Waals surface area contributed by atoms with Crippen LogP contribution in [0, 0.1) is 27.9 Å². The predicted molar refractivity (Wildman–Crippen MR) is 67.8 cm³/mol. The fourth-order valence-electron chi connectivity index (χ4n) is 1.06. The summed E-state index contributed by atoms with van der Waals surface area (Å²) in [6, 6.07) is 0. The zero-order valence-corrected chi connectivity index (χ0v) is 11.5. The van der Waals surface area contributed by atoms with Crippen molar-refractivity contribution in [2.45, 2.75) is 20.8 Å². The molecule has 0 saturated carbocycles. The Hall–Kier alpha value is 0.480. The Balaban J connectivity index is 3.60. The lowest BCUT2D eigenvalue weighted by Gasteiger charge is -2.11. The number of hydrogen-bond acceptors (Lipinski definition) is 1. The van der Waals surface area contributed by atoms with Crippen LogP contribution in [0.3, 0.4) is 0 Å². The number of halogens is 2. The molecule has 12 heavy (non-hydrogen) atoms. The average Bonchev–Trinajstić information content (AvgIpc) is 2.08. The maximum Gasteiger partial charge on any atom is 0.142 e. The molecule has 0 aliphatic rings. The molecule has 0 atom stereocenters. The summed E-state index contributed by atoms with van der Waals surface area (Å²) < 4.78 is 1.94. The standard InChI is InChI=1S/C9H10I2O/c1-4-5(2)7(10)9(12)8(11)6(4)3/h12H,1-3H3. The molecular weight excluding hydrogens is 378 g/mol. The quantitative estimate of drug-likeness (QED) is 0.675. The van der Waals surface area contributed by atoms with Crippen LogP contribution in [0.15, 0.2) is 0 Å². The minimum Gasteiger partial charge on any atom is -0.506 e. The van der Waals surface area contributed by atoms with Gasteiger partial charge in [-0.2, -0.15) is 0 Å². The van der Waals surface area contributed by atoms with E-state index in [1.807, 2.05) is 13.8 Å². The van der Waals surface area contributed by atoms with E-state index in [9.17, 15) is 5.11 Å². The van der Waals surface area contributed by atoms with Gasteiger partial charge in [-0.05, 0) is 82.6 Å². The molecule has 0 heterocycles. The van der Waals surface area contributed by atoms with Gasteiger partial charge in [0, 0.05) is 0 Å². The van der Waals surface area contributed by atoms with Gasteiger partial charge in [-0.3, -0.25) is 0 Å². The molecule has 0 aromatic heterocycles. The van der Waals surface area contributed by atoms with Crippen LogP contribution in [0.4, 0.5) is 0 Å². The van der Waals surface area contributed by atoms with Gasteiger partial charge in [-0.15, -0.1) is 0 Å². The zero-order valence-electron chi connectivity index (χ0n) is 7.20. The van der Waals surface area contributed by atoms with Gasteiger partial charge in [-0.25, -0.2) is 0 Å². The molecule has 1 N–H and O–H groups in total. The fourth-order valence-corrected chi connectivity index (χ4v) is 2.93. The number of rotatable bonds is 0. The third-order valence-corrected chi connectivity index (χ3v) is 4.84. The monoisotopic (exact) mass is 388 g/mol. The summed E-state index contributed by atoms with van der Waals surface area (Å²) in [6.45, 7) is 6.17. The van der Waals surface area contributed by atoms with E-state index < -0.39 is 0 Å². The van der Waals surface area contributed by atoms with Crippen LogP contribution in [0.5, 0.6) is 5.75 Å². The molecule has 1 nitrogen and oxygen atoms in total. The van der Waals surface area contributed by atoms with Crippen LogP contribution < -0.4 is 0 Å². The first-order chi connectivity index (χ1) is 5.46. The minimum atomic E-state index is 0.428. The number of hydrogen-bond donors (Lipinski definition) is 1. The summed E-state index contributed by atoms with van der Waals surface area (Å²) in [5, 5.41) is 9.68. The Morgan fingerprint density at radius 2 is 1.17 bits per heavy atom. The van der Waals surface area contributed by atoms with E-state index in [1.54, 1.807) is 0 Å². The molecule has 0 saturated heterocycles. The molecular formula is C9H10I2O. The summed E-state index contributed by atoms with van der Waals surface area (Å²) in [7, 11) is 0. The summed E-state index contributed by atoms with van der Waals surface area (Å²) in [5.74, 6) is 0.428. The lowest BCUT2D eigenvalue weighted by Crippen LogP contribution is -1.95. The fraction of sp³-hybridized carbons (Fsp3) is 0.333. The first-order valence-corrected chi connectivity index (χ1v) is 5.76. The number of benzene rings is 1. The first kappa shape index (κ1) is 10.6. The number of aromatic hydroxyl groups is 1. The largest absolute Gasteiger partial charge is 0.506 e. The van der Waals surface area contributed by atoms with Crippen LogP contribution in [-0.2, 0) is 0 Å². The van der Waals surface area contributed by atoms with Gasteiger partial charge >= 0.3 is 0 Å². The van der Waals surface area contributed by atoms with Crippen molar-refractivity contribution in [3.05, 3.63) is 23.8 Å². The molecule has 0 radical (unpaired) electrons. The molecule has 0 aliphatic carbocycles. The Bertz CT molecular complexity index is 227. The minimum absolute atomic E-state index is 0.428. The van der Waals surface area contributed by atoms with Gasteiger partial charge in [0.25, 0.3) is 0 Å². The van der Waals surface area contributed by atoms with Crippen molar-refractivity contribution < 1.29 is 5.11 Å². The van der Waals surface area contributed by atoms with Crippen molar-refractivity contribution in [2.24, 2.45) is 0 Å². The van der Waals surface area contributed by atoms with Gasteiger partial charge in [0.15, 0.2) is 0 Å². The Morgan fingerprint density at radius 1 is 0.833 bits per heavy atom. The Labute approximate surface area is 99.8 Å². The molecule has 0 aliphatic heterocycles. The van der Waals surface area contributed by atoms with Crippen molar-refractivity contribution in [3.8, 4) is 5.75 Å². The van der Waals surface area contributed by atoms with Crippen LogP contribution in [0.1, 0.15) is 16.7 Å². The molecule has 1 aromatic carbocycles. The lowest BCUT2D eigenvalue weighted by molar-refractivity contribution is 0.466. The highest BCUT2D eigenvalue weighted by molar-refractivity contribution is 14.1. The van der Waals surface area contributed by atoms with E-state index in [-0.39, 0.29) is 0 Å². The molecule has 0 fully saturated rings. The van der Waals surface area contributed by atoms with Crippen LogP contribution in [0.2, 0.25) is 0 Å². The van der Waals surface area contributed by atoms with Gasteiger partial charge in [0.05, 0.1) is 7.14 Å². The van der Waals surface area contributed by atoms with Gasteiger partial charge in [-0.1, -0.05) is 0 Å². The van der Waals surface area contributed by atoms with E-state index in [2.05, 4.69) is 52.1 Å². The molecule has 0 bridgehead atoms. The third-order valence-electron chi connectivity index (χ3n) is 2.20. The maximum atomic E-state index is 9.68. The molecule has 0 spiro atoms. The molecule has 0 amide bonds. The molecule has 1 aromatic rings. The van der Waals surface area contributed by atoms with Crippen molar-refractivity contribution in [1.29, 1.82) is 0 Å². The second-order valence-corrected chi connectivity index (χ2v) is 5.01. The van der Waals surface area contributed by atoms with E-state index in [0.717, 1.165) is 7.14 Å². The first-order valence-electron chi connectivity index (χ1n) is 3.60. The highest BCUT2D eigenvalue weighted by Gasteiger charge is 2.12. The van der Waals surface area contributed by atoms with Crippen LogP contribution >= 0.6 is 45.2 Å². The number of phenolic OH excluding ortho intramolecular Hbond substituents is 1. The highest BCUT2D eigenvalue weighted by Crippen LogP contribution is 2.33. The summed E-state index contributed by atoms with van der Waals surface area (Å²) in [5.41, 5.74) is 3.65. The average molecular weight is 388 g/mol. The SMILES string of the molecule is Cc1c(C)c(I)c(O)c(I)c1C. The van der Waals surface area contributed by atoms with E-state index in [4.69, 9.17) is 0 Å². The molecule has 1 rings (SSSR count). The van der Waals surface area contributed by atoms with Gasteiger partial charge in [0.1, 0.15) is 5.75 Å². The predicted octanol–water partition coefficient (Wildman–Crippen LogP) is 3.53. The van der Waals surface area contributed by atoms with E-state index in [1.165, 1.54) is 16.7 Å². The molecule has 66 valence electrons. The topological polar surface area (TPSA) is 20.2 Å². The van der Waals surface area contributed by atoms with Gasteiger partial charge < -0.3 is 5.11 Å². The van der Waals surface area contributed by atoms with Crippen LogP contribution in [-0.4, -0.2) is 5.11 Å². The van der Waals surface area contributed by atoms with E-state index in [0.29, 0.717) is 5.75 Å². The van der Waals surface area contributed by atoms with Crippen molar-refractivity contribution in [1.82, 2.24) is 0 Å². The van der Waals surface area contributed by atoms with Crippen molar-refractivity contribution in [2.75, 3.05) is 0 Å². The number of phenols is 1. The summed E-state index contributed by atoms with van der Waals surface area (Å²) >= 11 is 4.36. The third kappa shape index (κ3) is 1.57. The van der Waals surface area contributed by atoms with Crippen LogP contribution in [0.25, 0.3) is 0 Å². The Kier molecular flexibility index (Phi) is 3.25. The lowest BCUT2D eigenvalue weighted by atomic mass is 10.0. The second kappa shape index (κ2) is 3.69. The van der Waals surface area contributed by atoms with Crippen molar-refractivity contribution in [3.63, 3.8) is 0 Å². The smallest absolute Gasteiger partial charge is 0.142 e. The maximum absolute atomic E-state index is 9.68. The molecule has 0 unspecified atom stereocenters. The Morgan fingerprint density at radius 3 is 1.50 bits per heavy atom. The summed E-state index contributed by atoms with van der Waals surface area (Å²) in [6.07, 6.45) is 0.